The number of carbonyl (C=O) groups excluding carboxylic acids is 1. The molecule has 0 bridgehead atoms. The predicted octanol–water partition coefficient (Wildman–Crippen LogP) is 2.92. The van der Waals surface area contributed by atoms with E-state index in [1.165, 1.54) is 30.2 Å². The van der Waals surface area contributed by atoms with Gasteiger partial charge in [0.25, 0.3) is 5.91 Å². The number of amides is 1. The Hall–Kier alpha value is -2.89. The van der Waals surface area contributed by atoms with Crippen LogP contribution < -0.4 is 10.2 Å². The van der Waals surface area contributed by atoms with Crippen LogP contribution in [0.2, 0.25) is 0 Å². The summed E-state index contributed by atoms with van der Waals surface area (Å²) in [4.78, 5) is 26.5. The largest absolute Gasteiger partial charge is 0.361 e. The number of hydrogen-bond acceptors (Lipinski definition) is 4. The first-order valence-electron chi connectivity index (χ1n) is 9.21. The molecule has 0 aliphatic carbocycles. The first-order chi connectivity index (χ1) is 12.8. The van der Waals surface area contributed by atoms with Crippen LogP contribution in [0.5, 0.6) is 0 Å². The molecular weight excluding hydrogens is 326 g/mol. The Morgan fingerprint density at radius 2 is 1.96 bits per heavy atom. The number of H-pyrrole nitrogens is 1. The second-order valence-electron chi connectivity index (χ2n) is 6.67. The van der Waals surface area contributed by atoms with E-state index >= 15 is 0 Å². The second-order valence-corrected chi connectivity index (χ2v) is 6.67. The molecule has 6 nitrogen and oxygen atoms in total. The van der Waals surface area contributed by atoms with Crippen molar-refractivity contribution < 1.29 is 4.79 Å². The van der Waals surface area contributed by atoms with Gasteiger partial charge in [0.15, 0.2) is 0 Å². The van der Waals surface area contributed by atoms with Crippen molar-refractivity contribution in [1.29, 1.82) is 0 Å². The van der Waals surface area contributed by atoms with Gasteiger partial charge in [-0.1, -0.05) is 18.2 Å². The van der Waals surface area contributed by atoms with E-state index in [0.717, 1.165) is 30.8 Å². The predicted molar refractivity (Wildman–Crippen MR) is 102 cm³/mol. The molecule has 0 spiro atoms. The number of aromatic amines is 1. The molecule has 1 amide bonds. The monoisotopic (exact) mass is 349 g/mol. The fraction of sp³-hybridized carbons (Fsp3) is 0.350. The second kappa shape index (κ2) is 7.56. The molecule has 4 rings (SSSR count). The van der Waals surface area contributed by atoms with Crippen LogP contribution in [0.25, 0.3) is 10.9 Å². The van der Waals surface area contributed by atoms with Gasteiger partial charge >= 0.3 is 0 Å². The summed E-state index contributed by atoms with van der Waals surface area (Å²) < 4.78 is 0. The smallest absolute Gasteiger partial charge is 0.271 e. The Balaban J connectivity index is 1.33. The van der Waals surface area contributed by atoms with Crippen molar-refractivity contribution in [2.45, 2.75) is 25.7 Å². The van der Waals surface area contributed by atoms with Gasteiger partial charge < -0.3 is 15.2 Å². The molecule has 1 fully saturated rings. The van der Waals surface area contributed by atoms with Crippen LogP contribution in [0, 0.1) is 0 Å². The third-order valence-corrected chi connectivity index (χ3v) is 4.91. The van der Waals surface area contributed by atoms with E-state index in [4.69, 9.17) is 0 Å². The summed E-state index contributed by atoms with van der Waals surface area (Å²) in [6, 6.07) is 8.18. The maximum absolute atomic E-state index is 12.3. The van der Waals surface area contributed by atoms with Gasteiger partial charge in [0, 0.05) is 36.7 Å². The number of rotatable bonds is 5. The molecule has 2 N–H and O–H groups in total. The van der Waals surface area contributed by atoms with E-state index in [9.17, 15) is 4.79 Å². The van der Waals surface area contributed by atoms with E-state index in [-0.39, 0.29) is 5.91 Å². The Morgan fingerprint density at radius 1 is 1.12 bits per heavy atom. The molecule has 0 saturated carbocycles. The van der Waals surface area contributed by atoms with Crippen molar-refractivity contribution in [2.75, 3.05) is 24.5 Å². The van der Waals surface area contributed by atoms with Crippen LogP contribution in [0.15, 0.2) is 42.9 Å². The number of nitrogens with zero attached hydrogens (tertiary/aromatic N) is 3. The third-order valence-electron chi connectivity index (χ3n) is 4.91. The summed E-state index contributed by atoms with van der Waals surface area (Å²) in [7, 11) is 0. The first kappa shape index (κ1) is 16.6. The van der Waals surface area contributed by atoms with E-state index < -0.39 is 0 Å². The van der Waals surface area contributed by atoms with E-state index in [2.05, 4.69) is 37.3 Å². The Morgan fingerprint density at radius 3 is 2.77 bits per heavy atom. The number of aromatic nitrogens is 3. The van der Waals surface area contributed by atoms with Crippen LogP contribution in [-0.2, 0) is 6.42 Å². The number of nitrogens with one attached hydrogen (secondary N) is 2. The molecule has 0 radical (unpaired) electrons. The highest BCUT2D eigenvalue weighted by Crippen LogP contribution is 2.18. The molecule has 3 heterocycles. The lowest BCUT2D eigenvalue weighted by atomic mass is 10.1. The minimum absolute atomic E-state index is 0.178. The molecular formula is C20H23N5O. The molecule has 134 valence electrons. The average Bonchev–Trinajstić information content (AvgIpc) is 3.12. The minimum atomic E-state index is -0.178. The van der Waals surface area contributed by atoms with Crippen molar-refractivity contribution in [3.63, 3.8) is 0 Å². The van der Waals surface area contributed by atoms with Gasteiger partial charge in [-0.3, -0.25) is 4.79 Å². The lowest BCUT2D eigenvalue weighted by Gasteiger charge is -2.27. The highest BCUT2D eigenvalue weighted by molar-refractivity contribution is 5.92. The number of hydrogen-bond donors (Lipinski definition) is 2. The summed E-state index contributed by atoms with van der Waals surface area (Å²) in [5.41, 5.74) is 2.69. The summed E-state index contributed by atoms with van der Waals surface area (Å²) >= 11 is 0. The summed E-state index contributed by atoms with van der Waals surface area (Å²) in [5, 5.41) is 4.13. The van der Waals surface area contributed by atoms with Crippen molar-refractivity contribution in [3.05, 3.63) is 54.1 Å². The zero-order valence-electron chi connectivity index (χ0n) is 14.7. The molecule has 1 aliphatic rings. The molecule has 0 atom stereocenters. The van der Waals surface area contributed by atoms with Crippen molar-refractivity contribution in [3.8, 4) is 0 Å². The Labute approximate surface area is 152 Å². The van der Waals surface area contributed by atoms with Gasteiger partial charge in [-0.05, 0) is 37.3 Å². The van der Waals surface area contributed by atoms with Crippen LogP contribution in [0.1, 0.15) is 35.3 Å². The molecule has 6 heteroatoms. The highest BCUT2D eigenvalue weighted by atomic mass is 16.1. The number of benzene rings is 1. The summed E-state index contributed by atoms with van der Waals surface area (Å²) in [6.07, 6.45) is 9.72. The lowest BCUT2D eigenvalue weighted by Crippen LogP contribution is -2.31. The number of carbonyl (C=O) groups is 1. The van der Waals surface area contributed by atoms with Gasteiger partial charge in [0.05, 0.1) is 12.4 Å². The summed E-state index contributed by atoms with van der Waals surface area (Å²) in [6.45, 7) is 2.60. The molecule has 1 aliphatic heterocycles. The van der Waals surface area contributed by atoms with E-state index in [1.807, 2.05) is 18.3 Å². The molecule has 0 unspecified atom stereocenters. The van der Waals surface area contributed by atoms with E-state index in [1.54, 1.807) is 12.4 Å². The standard InChI is InChI=1S/C20H23N5O/c26-20(18-13-24-19(14-23-18)25-10-4-1-5-11-25)21-9-8-15-12-22-17-7-3-2-6-16(15)17/h2-3,6-7,12-14,22H,1,4-5,8-11H2,(H,21,26). The normalized spacial score (nSPS) is 14.5. The van der Waals surface area contributed by atoms with E-state index in [0.29, 0.717) is 12.2 Å². The topological polar surface area (TPSA) is 73.9 Å². The van der Waals surface area contributed by atoms with Crippen molar-refractivity contribution >= 4 is 22.6 Å². The zero-order chi connectivity index (χ0) is 17.8. The maximum Gasteiger partial charge on any atom is 0.271 e. The summed E-state index contributed by atoms with van der Waals surface area (Å²) in [5.74, 6) is 0.683. The minimum Gasteiger partial charge on any atom is -0.361 e. The van der Waals surface area contributed by atoms with Gasteiger partial charge in [-0.25, -0.2) is 9.97 Å². The first-order valence-corrected chi connectivity index (χ1v) is 9.21. The van der Waals surface area contributed by atoms with Crippen LogP contribution in [0.3, 0.4) is 0 Å². The molecule has 1 aromatic carbocycles. The van der Waals surface area contributed by atoms with Gasteiger partial charge in [-0.2, -0.15) is 0 Å². The quantitative estimate of drug-likeness (QED) is 0.743. The molecule has 3 aromatic rings. The fourth-order valence-corrected chi connectivity index (χ4v) is 3.46. The van der Waals surface area contributed by atoms with Crippen molar-refractivity contribution in [2.24, 2.45) is 0 Å². The lowest BCUT2D eigenvalue weighted by molar-refractivity contribution is 0.0949. The number of anilines is 1. The molecule has 2 aromatic heterocycles. The number of fused-ring (bicyclic) bond motifs is 1. The molecule has 26 heavy (non-hydrogen) atoms. The van der Waals surface area contributed by atoms with Crippen LogP contribution >= 0.6 is 0 Å². The van der Waals surface area contributed by atoms with Crippen LogP contribution in [-0.4, -0.2) is 40.5 Å². The highest BCUT2D eigenvalue weighted by Gasteiger charge is 2.14. The number of piperidine rings is 1. The Bertz CT molecular complexity index is 881. The van der Waals surface area contributed by atoms with Gasteiger partial charge in [-0.15, -0.1) is 0 Å². The molecule has 1 saturated heterocycles. The van der Waals surface area contributed by atoms with Gasteiger partial charge in [0.1, 0.15) is 11.5 Å². The third kappa shape index (κ3) is 3.54. The van der Waals surface area contributed by atoms with Crippen LogP contribution in [0.4, 0.5) is 5.82 Å². The van der Waals surface area contributed by atoms with Gasteiger partial charge in [0.2, 0.25) is 0 Å². The Kier molecular flexibility index (Phi) is 4.82. The zero-order valence-corrected chi connectivity index (χ0v) is 14.7. The maximum atomic E-state index is 12.3. The van der Waals surface area contributed by atoms with Crippen molar-refractivity contribution in [1.82, 2.24) is 20.3 Å². The number of para-hydroxylation sites is 1. The fourth-order valence-electron chi connectivity index (χ4n) is 3.46. The SMILES string of the molecule is O=C(NCCc1c[nH]c2ccccc12)c1cnc(N2CCCCC2)cn1. The average molecular weight is 349 g/mol.